The van der Waals surface area contributed by atoms with Crippen LogP contribution in [0.15, 0.2) is 18.5 Å². The van der Waals surface area contributed by atoms with Crippen LogP contribution >= 0.6 is 0 Å². The SMILES string of the molecule is COC(=O)[C@H]1CC[C@@H](Nc2ncnc3nc(N)ccc23)C1. The van der Waals surface area contributed by atoms with Gasteiger partial charge in [0.25, 0.3) is 0 Å². The minimum atomic E-state index is -0.138. The average Bonchev–Trinajstić information content (AvgIpc) is 2.95. The molecule has 0 saturated heterocycles. The number of nitrogens with zero attached hydrogens (tertiary/aromatic N) is 3. The fourth-order valence-electron chi connectivity index (χ4n) is 2.76. The summed E-state index contributed by atoms with van der Waals surface area (Å²) < 4.78 is 4.80. The number of methoxy groups -OCH3 is 1. The van der Waals surface area contributed by atoms with Crippen molar-refractivity contribution in [3.05, 3.63) is 18.5 Å². The second-order valence-electron chi connectivity index (χ2n) is 5.20. The lowest BCUT2D eigenvalue weighted by molar-refractivity contribution is -0.145. The van der Waals surface area contributed by atoms with Gasteiger partial charge in [-0.1, -0.05) is 0 Å². The summed E-state index contributed by atoms with van der Waals surface area (Å²) in [6.07, 6.45) is 3.95. The largest absolute Gasteiger partial charge is 0.469 e. The van der Waals surface area contributed by atoms with Crippen molar-refractivity contribution in [3.63, 3.8) is 0 Å². The van der Waals surface area contributed by atoms with Crippen molar-refractivity contribution in [2.75, 3.05) is 18.2 Å². The van der Waals surface area contributed by atoms with E-state index in [2.05, 4.69) is 20.3 Å². The van der Waals surface area contributed by atoms with E-state index in [1.54, 1.807) is 6.07 Å². The molecular weight excluding hydrogens is 270 g/mol. The zero-order valence-corrected chi connectivity index (χ0v) is 11.7. The lowest BCUT2D eigenvalue weighted by Crippen LogP contribution is -2.19. The van der Waals surface area contributed by atoms with Gasteiger partial charge in [-0.05, 0) is 31.4 Å². The number of nitrogens with two attached hydrogens (primary N) is 1. The minimum Gasteiger partial charge on any atom is -0.469 e. The molecule has 1 saturated carbocycles. The molecule has 0 radical (unpaired) electrons. The Morgan fingerprint density at radius 2 is 2.24 bits per heavy atom. The maximum absolute atomic E-state index is 11.6. The van der Waals surface area contributed by atoms with Gasteiger partial charge >= 0.3 is 5.97 Å². The number of esters is 1. The standard InChI is InChI=1S/C14H17N5O2/c1-21-14(20)8-2-3-9(6-8)18-12-10-4-5-11(15)19-13(10)17-7-16-12/h4-5,7-9H,2-3,6H2,1H3,(H3,15,16,17,18,19)/t8-,9+/m0/s1. The quantitative estimate of drug-likeness (QED) is 0.821. The van der Waals surface area contributed by atoms with Crippen molar-refractivity contribution in [2.45, 2.75) is 25.3 Å². The van der Waals surface area contributed by atoms with Gasteiger partial charge < -0.3 is 15.8 Å². The van der Waals surface area contributed by atoms with Crippen molar-refractivity contribution in [3.8, 4) is 0 Å². The molecule has 0 aromatic carbocycles. The molecule has 21 heavy (non-hydrogen) atoms. The Balaban J connectivity index is 1.78. The number of carbonyl (C=O) groups is 1. The summed E-state index contributed by atoms with van der Waals surface area (Å²) in [7, 11) is 1.43. The number of pyridine rings is 1. The highest BCUT2D eigenvalue weighted by molar-refractivity contribution is 5.87. The van der Waals surface area contributed by atoms with Crippen LogP contribution in [0.3, 0.4) is 0 Å². The van der Waals surface area contributed by atoms with Crippen LogP contribution in [0.25, 0.3) is 11.0 Å². The van der Waals surface area contributed by atoms with Crippen LogP contribution in [-0.4, -0.2) is 34.1 Å². The fraction of sp³-hybridized carbons (Fsp3) is 0.429. The highest BCUT2D eigenvalue weighted by atomic mass is 16.5. The molecule has 7 nitrogen and oxygen atoms in total. The molecule has 2 aromatic rings. The molecule has 2 aromatic heterocycles. The van der Waals surface area contributed by atoms with Crippen molar-refractivity contribution in [2.24, 2.45) is 5.92 Å². The molecule has 3 rings (SSSR count). The van der Waals surface area contributed by atoms with E-state index in [9.17, 15) is 4.79 Å². The van der Waals surface area contributed by atoms with E-state index < -0.39 is 0 Å². The van der Waals surface area contributed by atoms with Crippen molar-refractivity contribution >= 4 is 28.6 Å². The van der Waals surface area contributed by atoms with E-state index in [-0.39, 0.29) is 17.9 Å². The van der Waals surface area contributed by atoms with Crippen LogP contribution in [-0.2, 0) is 9.53 Å². The number of ether oxygens (including phenoxy) is 1. The van der Waals surface area contributed by atoms with Gasteiger partial charge in [0.2, 0.25) is 0 Å². The number of aromatic nitrogens is 3. The van der Waals surface area contributed by atoms with Crippen molar-refractivity contribution < 1.29 is 9.53 Å². The number of fused-ring (bicyclic) bond motifs is 1. The maximum atomic E-state index is 11.6. The Labute approximate surface area is 121 Å². The van der Waals surface area contributed by atoms with Gasteiger partial charge in [0.15, 0.2) is 5.65 Å². The number of carbonyl (C=O) groups excluding carboxylic acids is 1. The third-order valence-corrected chi connectivity index (χ3v) is 3.83. The van der Waals surface area contributed by atoms with Crippen LogP contribution in [0.1, 0.15) is 19.3 Å². The number of rotatable bonds is 3. The minimum absolute atomic E-state index is 0.0330. The van der Waals surface area contributed by atoms with E-state index >= 15 is 0 Å². The molecule has 0 aliphatic heterocycles. The first-order valence-electron chi connectivity index (χ1n) is 6.89. The van der Waals surface area contributed by atoms with E-state index in [0.29, 0.717) is 11.5 Å². The summed E-state index contributed by atoms with van der Waals surface area (Å²) in [5.74, 6) is 0.984. The third-order valence-electron chi connectivity index (χ3n) is 3.83. The van der Waals surface area contributed by atoms with Crippen LogP contribution in [0.5, 0.6) is 0 Å². The summed E-state index contributed by atoms with van der Waals surface area (Å²) in [5, 5.41) is 4.20. The number of nitrogens with one attached hydrogen (secondary N) is 1. The third kappa shape index (κ3) is 2.72. The summed E-state index contributed by atoms with van der Waals surface area (Å²) in [6, 6.07) is 3.78. The topological polar surface area (TPSA) is 103 Å². The average molecular weight is 287 g/mol. The number of hydrogen-bond acceptors (Lipinski definition) is 7. The highest BCUT2D eigenvalue weighted by Crippen LogP contribution is 2.30. The number of nitrogen functional groups attached to an aromatic ring is 1. The molecule has 0 spiro atoms. The zero-order valence-electron chi connectivity index (χ0n) is 11.7. The van der Waals surface area contributed by atoms with Gasteiger partial charge in [0, 0.05) is 6.04 Å². The normalized spacial score (nSPS) is 21.4. The number of hydrogen-bond donors (Lipinski definition) is 2. The van der Waals surface area contributed by atoms with Crippen LogP contribution < -0.4 is 11.1 Å². The first-order chi connectivity index (χ1) is 10.2. The molecule has 3 N–H and O–H groups in total. The molecule has 2 heterocycles. The Morgan fingerprint density at radius 3 is 3.05 bits per heavy atom. The summed E-state index contributed by atoms with van der Waals surface area (Å²) in [5.41, 5.74) is 6.23. The molecular formula is C14H17N5O2. The fourth-order valence-corrected chi connectivity index (χ4v) is 2.76. The Kier molecular flexibility index (Phi) is 3.55. The molecule has 1 aliphatic rings. The smallest absolute Gasteiger partial charge is 0.308 e. The van der Waals surface area contributed by atoms with Gasteiger partial charge in [0.1, 0.15) is 18.0 Å². The summed E-state index contributed by atoms with van der Waals surface area (Å²) >= 11 is 0. The molecule has 110 valence electrons. The predicted molar refractivity (Wildman–Crippen MR) is 78.5 cm³/mol. The number of anilines is 2. The first kappa shape index (κ1) is 13.5. The monoisotopic (exact) mass is 287 g/mol. The van der Waals surface area contributed by atoms with Crippen LogP contribution in [0.4, 0.5) is 11.6 Å². The second-order valence-corrected chi connectivity index (χ2v) is 5.20. The van der Waals surface area contributed by atoms with E-state index in [1.165, 1.54) is 13.4 Å². The van der Waals surface area contributed by atoms with Gasteiger partial charge in [-0.25, -0.2) is 15.0 Å². The van der Waals surface area contributed by atoms with Crippen LogP contribution in [0.2, 0.25) is 0 Å². The summed E-state index contributed by atoms with van der Waals surface area (Å²) in [6.45, 7) is 0. The van der Waals surface area contributed by atoms with Gasteiger partial charge in [0.05, 0.1) is 18.4 Å². The summed E-state index contributed by atoms with van der Waals surface area (Å²) in [4.78, 5) is 24.1. The Bertz CT molecular complexity index is 675. The van der Waals surface area contributed by atoms with Crippen LogP contribution in [0, 0.1) is 5.92 Å². The highest BCUT2D eigenvalue weighted by Gasteiger charge is 2.30. The lowest BCUT2D eigenvalue weighted by atomic mass is 10.1. The maximum Gasteiger partial charge on any atom is 0.308 e. The van der Waals surface area contributed by atoms with E-state index in [4.69, 9.17) is 10.5 Å². The van der Waals surface area contributed by atoms with Crippen molar-refractivity contribution in [1.29, 1.82) is 0 Å². The van der Waals surface area contributed by atoms with E-state index in [1.807, 2.05) is 6.07 Å². The second kappa shape index (κ2) is 5.51. The van der Waals surface area contributed by atoms with Crippen molar-refractivity contribution in [1.82, 2.24) is 15.0 Å². The Morgan fingerprint density at radius 1 is 1.38 bits per heavy atom. The lowest BCUT2D eigenvalue weighted by Gasteiger charge is -2.14. The molecule has 7 heteroatoms. The molecule has 1 fully saturated rings. The molecule has 0 unspecified atom stereocenters. The van der Waals surface area contributed by atoms with Gasteiger partial charge in [-0.15, -0.1) is 0 Å². The molecule has 0 bridgehead atoms. The van der Waals surface area contributed by atoms with Gasteiger partial charge in [-0.2, -0.15) is 0 Å². The Hall–Kier alpha value is -2.44. The molecule has 2 atom stereocenters. The molecule has 0 amide bonds. The van der Waals surface area contributed by atoms with E-state index in [0.717, 1.165) is 30.5 Å². The molecule has 1 aliphatic carbocycles. The van der Waals surface area contributed by atoms with Gasteiger partial charge in [-0.3, -0.25) is 4.79 Å². The first-order valence-corrected chi connectivity index (χ1v) is 6.89. The zero-order chi connectivity index (χ0) is 14.8. The predicted octanol–water partition coefficient (Wildman–Crippen LogP) is 1.36.